The third kappa shape index (κ3) is 2.96. The van der Waals surface area contributed by atoms with Gasteiger partial charge < -0.3 is 9.73 Å². The molecule has 0 unspecified atom stereocenters. The van der Waals surface area contributed by atoms with Gasteiger partial charge in [-0.3, -0.25) is 9.59 Å². The molecule has 1 heterocycles. The molecule has 1 N–H and O–H groups in total. The zero-order valence-corrected chi connectivity index (χ0v) is 12.0. The maximum absolute atomic E-state index is 11.9. The summed E-state index contributed by atoms with van der Waals surface area (Å²) in [6, 6.07) is 7.23. The van der Waals surface area contributed by atoms with Gasteiger partial charge in [0, 0.05) is 11.8 Å². The van der Waals surface area contributed by atoms with Crippen molar-refractivity contribution in [1.29, 1.82) is 0 Å². The molecule has 20 heavy (non-hydrogen) atoms. The maximum Gasteiger partial charge on any atom is 0.212 e. The molecule has 0 aliphatic rings. The van der Waals surface area contributed by atoms with Crippen molar-refractivity contribution in [2.24, 2.45) is 0 Å². The van der Waals surface area contributed by atoms with Gasteiger partial charge in [0.15, 0.2) is 11.2 Å². The number of nitrogens with one attached hydrogen (secondary N) is 1. The molecule has 0 radical (unpaired) electrons. The van der Waals surface area contributed by atoms with Crippen molar-refractivity contribution in [2.75, 3.05) is 5.32 Å². The summed E-state index contributed by atoms with van der Waals surface area (Å²) in [5.74, 6) is 0.352. The first-order valence-electron chi connectivity index (χ1n) is 6.38. The Balaban J connectivity index is 2.52. The Morgan fingerprint density at radius 2 is 1.65 bits per heavy atom. The smallest absolute Gasteiger partial charge is 0.212 e. The van der Waals surface area contributed by atoms with Crippen LogP contribution in [0.5, 0.6) is 0 Å². The van der Waals surface area contributed by atoms with Gasteiger partial charge in [0.1, 0.15) is 11.3 Å². The average molecular weight is 271 g/mol. The number of carbonyl (C=O) groups excluding carboxylic acids is 1. The lowest BCUT2D eigenvalue weighted by Crippen LogP contribution is -2.15. The molecular formula is C16H17NO3. The monoisotopic (exact) mass is 271 g/mol. The molecule has 0 bridgehead atoms. The molecule has 2 rings (SSSR count). The van der Waals surface area contributed by atoms with E-state index in [2.05, 4.69) is 5.32 Å². The first-order chi connectivity index (χ1) is 9.36. The minimum Gasteiger partial charge on any atom is -0.445 e. The Labute approximate surface area is 117 Å². The van der Waals surface area contributed by atoms with E-state index in [9.17, 15) is 9.59 Å². The largest absolute Gasteiger partial charge is 0.445 e. The number of Topliss-reactive ketones (excluding diaryl/α,β-unsaturated/α-hetero) is 1. The van der Waals surface area contributed by atoms with Crippen LogP contribution in [0.4, 0.5) is 11.6 Å². The van der Waals surface area contributed by atoms with Crippen LogP contribution in [0.25, 0.3) is 0 Å². The SMILES string of the molecule is CC(=O)c1c(Nc2cc(C)cc(C)c2)oc(C)cc1=O. The highest BCUT2D eigenvalue weighted by Crippen LogP contribution is 2.22. The van der Waals surface area contributed by atoms with Gasteiger partial charge in [0.2, 0.25) is 5.88 Å². The van der Waals surface area contributed by atoms with Gasteiger partial charge in [-0.1, -0.05) is 6.07 Å². The van der Waals surface area contributed by atoms with Gasteiger partial charge in [-0.15, -0.1) is 0 Å². The lowest BCUT2D eigenvalue weighted by molar-refractivity contribution is 0.101. The van der Waals surface area contributed by atoms with Crippen molar-refractivity contribution in [1.82, 2.24) is 0 Å². The van der Waals surface area contributed by atoms with Gasteiger partial charge in [-0.2, -0.15) is 0 Å². The van der Waals surface area contributed by atoms with Gasteiger partial charge in [-0.05, 0) is 51.0 Å². The molecule has 1 aromatic heterocycles. The van der Waals surface area contributed by atoms with Crippen LogP contribution in [-0.2, 0) is 0 Å². The molecule has 0 saturated heterocycles. The first-order valence-corrected chi connectivity index (χ1v) is 6.38. The lowest BCUT2D eigenvalue weighted by atomic mass is 10.1. The molecule has 104 valence electrons. The van der Waals surface area contributed by atoms with Crippen LogP contribution >= 0.6 is 0 Å². The summed E-state index contributed by atoms with van der Waals surface area (Å²) >= 11 is 0. The van der Waals surface area contributed by atoms with Crippen LogP contribution in [0.2, 0.25) is 0 Å². The fourth-order valence-corrected chi connectivity index (χ4v) is 2.21. The third-order valence-corrected chi connectivity index (χ3v) is 2.90. The van der Waals surface area contributed by atoms with E-state index in [0.29, 0.717) is 5.76 Å². The minimum absolute atomic E-state index is 0.0507. The molecule has 4 nitrogen and oxygen atoms in total. The van der Waals surface area contributed by atoms with Crippen LogP contribution in [0, 0.1) is 20.8 Å². The highest BCUT2D eigenvalue weighted by Gasteiger charge is 2.15. The molecule has 1 aromatic carbocycles. The Morgan fingerprint density at radius 3 is 2.20 bits per heavy atom. The molecule has 0 aliphatic heterocycles. The van der Waals surface area contributed by atoms with Crippen molar-refractivity contribution < 1.29 is 9.21 Å². The second-order valence-electron chi connectivity index (χ2n) is 4.98. The molecule has 0 fully saturated rings. The number of benzene rings is 1. The maximum atomic E-state index is 11.9. The lowest BCUT2D eigenvalue weighted by Gasteiger charge is -2.10. The number of aryl methyl sites for hydroxylation is 3. The Morgan fingerprint density at radius 1 is 1.05 bits per heavy atom. The summed E-state index contributed by atoms with van der Waals surface area (Å²) < 4.78 is 5.50. The van der Waals surface area contributed by atoms with Gasteiger partial charge in [-0.25, -0.2) is 0 Å². The van der Waals surface area contributed by atoms with Crippen molar-refractivity contribution in [2.45, 2.75) is 27.7 Å². The predicted molar refractivity (Wildman–Crippen MR) is 78.9 cm³/mol. The minimum atomic E-state index is -0.326. The topological polar surface area (TPSA) is 59.3 Å². The third-order valence-electron chi connectivity index (χ3n) is 2.90. The number of hydrogen-bond donors (Lipinski definition) is 1. The fraction of sp³-hybridized carbons (Fsp3) is 0.250. The Bertz CT molecular complexity index is 709. The van der Waals surface area contributed by atoms with Crippen molar-refractivity contribution in [3.63, 3.8) is 0 Å². The molecule has 0 amide bonds. The van der Waals surface area contributed by atoms with E-state index in [4.69, 9.17) is 4.42 Å². The van der Waals surface area contributed by atoms with E-state index in [1.165, 1.54) is 13.0 Å². The zero-order chi connectivity index (χ0) is 14.9. The van der Waals surface area contributed by atoms with Crippen LogP contribution in [0.15, 0.2) is 33.5 Å². The highest BCUT2D eigenvalue weighted by atomic mass is 16.4. The van der Waals surface area contributed by atoms with E-state index >= 15 is 0 Å². The molecule has 2 aromatic rings. The summed E-state index contributed by atoms with van der Waals surface area (Å²) in [4.78, 5) is 23.5. The van der Waals surface area contributed by atoms with E-state index in [1.807, 2.05) is 32.0 Å². The normalized spacial score (nSPS) is 10.4. The summed E-state index contributed by atoms with van der Waals surface area (Å²) in [6.07, 6.45) is 0. The molecule has 0 aliphatic carbocycles. The van der Waals surface area contributed by atoms with Gasteiger partial charge >= 0.3 is 0 Å². The van der Waals surface area contributed by atoms with Crippen molar-refractivity contribution in [3.8, 4) is 0 Å². The standard InChI is InChI=1S/C16H17NO3/c1-9-5-10(2)7-13(6-9)17-16-15(12(4)18)14(19)8-11(3)20-16/h5-8,17H,1-4H3. The number of carbonyl (C=O) groups is 1. The molecule has 0 atom stereocenters. The van der Waals surface area contributed by atoms with Crippen LogP contribution in [0.1, 0.15) is 34.2 Å². The van der Waals surface area contributed by atoms with Crippen LogP contribution in [0.3, 0.4) is 0 Å². The van der Waals surface area contributed by atoms with Crippen LogP contribution < -0.4 is 10.7 Å². The van der Waals surface area contributed by atoms with E-state index in [1.54, 1.807) is 6.92 Å². The number of ketones is 1. The highest BCUT2D eigenvalue weighted by molar-refractivity contribution is 5.98. The van der Waals surface area contributed by atoms with Crippen molar-refractivity contribution >= 4 is 17.4 Å². The average Bonchev–Trinajstić information content (AvgIpc) is 2.25. The van der Waals surface area contributed by atoms with Crippen molar-refractivity contribution in [3.05, 3.63) is 56.9 Å². The van der Waals surface area contributed by atoms with Gasteiger partial charge in [0.25, 0.3) is 0 Å². The van der Waals surface area contributed by atoms with Gasteiger partial charge in [0.05, 0.1) is 0 Å². The zero-order valence-electron chi connectivity index (χ0n) is 12.0. The van der Waals surface area contributed by atoms with Crippen LogP contribution in [-0.4, -0.2) is 5.78 Å². The summed E-state index contributed by atoms with van der Waals surface area (Å²) in [7, 11) is 0. The summed E-state index contributed by atoms with van der Waals surface area (Å²) in [5, 5.41) is 3.03. The number of rotatable bonds is 3. The molecule has 0 spiro atoms. The second kappa shape index (κ2) is 5.33. The number of hydrogen-bond acceptors (Lipinski definition) is 4. The Kier molecular flexibility index (Phi) is 3.74. The second-order valence-corrected chi connectivity index (χ2v) is 4.98. The summed E-state index contributed by atoms with van der Waals surface area (Å²) in [5.41, 5.74) is 2.69. The number of anilines is 2. The summed E-state index contributed by atoms with van der Waals surface area (Å²) in [6.45, 7) is 7.00. The quantitative estimate of drug-likeness (QED) is 0.868. The molecule has 4 heteroatoms. The first kappa shape index (κ1) is 14.1. The van der Waals surface area contributed by atoms with E-state index < -0.39 is 0 Å². The van der Waals surface area contributed by atoms with E-state index in [0.717, 1.165) is 16.8 Å². The fourth-order valence-electron chi connectivity index (χ4n) is 2.21. The molecule has 0 saturated carbocycles. The van der Waals surface area contributed by atoms with E-state index in [-0.39, 0.29) is 22.7 Å². The Hall–Kier alpha value is -2.36. The predicted octanol–water partition coefficient (Wildman–Crippen LogP) is 3.51. The molecular weight excluding hydrogens is 254 g/mol.